The number of hydrogen-bond donors (Lipinski definition) is 1. The van der Waals surface area contributed by atoms with E-state index in [1.54, 1.807) is 19.0 Å². The van der Waals surface area contributed by atoms with Gasteiger partial charge in [0.25, 0.3) is 5.92 Å². The molecule has 2 nitrogen and oxygen atoms in total. The van der Waals surface area contributed by atoms with Gasteiger partial charge < -0.3 is 10.0 Å². The molecule has 4 heteroatoms. The Kier molecular flexibility index (Phi) is 1.92. The molecule has 1 saturated carbocycles. The van der Waals surface area contributed by atoms with Crippen LogP contribution in [0.4, 0.5) is 8.78 Å². The third kappa shape index (κ3) is 1.37. The van der Waals surface area contributed by atoms with Crippen LogP contribution in [0.5, 0.6) is 0 Å². The number of alkyl halides is 2. The highest BCUT2D eigenvalue weighted by Gasteiger charge is 2.57. The van der Waals surface area contributed by atoms with E-state index in [2.05, 4.69) is 0 Å². The Bertz CT molecular complexity index is 151. The zero-order valence-corrected chi connectivity index (χ0v) is 6.77. The average Bonchev–Trinajstić information content (AvgIpc) is 1.81. The van der Waals surface area contributed by atoms with E-state index < -0.39 is 11.5 Å². The van der Waals surface area contributed by atoms with E-state index in [9.17, 15) is 8.78 Å². The molecule has 0 amide bonds. The highest BCUT2D eigenvalue weighted by Crippen LogP contribution is 2.47. The fraction of sp³-hybridized carbons (Fsp3) is 1.00. The molecule has 0 unspecified atom stereocenters. The lowest BCUT2D eigenvalue weighted by Gasteiger charge is -2.50. The third-order valence-corrected chi connectivity index (χ3v) is 2.42. The molecule has 66 valence electrons. The second-order valence-corrected chi connectivity index (χ2v) is 3.49. The monoisotopic (exact) mass is 165 g/mol. The molecule has 0 aromatic carbocycles. The van der Waals surface area contributed by atoms with Crippen LogP contribution in [0.1, 0.15) is 12.8 Å². The van der Waals surface area contributed by atoms with Crippen molar-refractivity contribution in [1.82, 2.24) is 4.90 Å². The lowest BCUT2D eigenvalue weighted by atomic mass is 9.73. The van der Waals surface area contributed by atoms with Crippen molar-refractivity contribution in [3.8, 4) is 0 Å². The van der Waals surface area contributed by atoms with Gasteiger partial charge in [0, 0.05) is 12.8 Å². The first-order valence-electron chi connectivity index (χ1n) is 3.58. The van der Waals surface area contributed by atoms with Crippen LogP contribution in [0.25, 0.3) is 0 Å². The van der Waals surface area contributed by atoms with Crippen molar-refractivity contribution in [2.75, 3.05) is 20.7 Å². The molecule has 0 atom stereocenters. The van der Waals surface area contributed by atoms with E-state index >= 15 is 0 Å². The molecule has 1 aliphatic carbocycles. The fourth-order valence-corrected chi connectivity index (χ4v) is 1.48. The minimum absolute atomic E-state index is 0.185. The molecule has 0 spiro atoms. The molecule has 0 radical (unpaired) electrons. The normalized spacial score (nSPS) is 26.7. The predicted octanol–water partition coefficient (Wildman–Crippen LogP) is 0.708. The Morgan fingerprint density at radius 3 is 1.91 bits per heavy atom. The van der Waals surface area contributed by atoms with Gasteiger partial charge in [-0.25, -0.2) is 8.78 Å². The third-order valence-electron chi connectivity index (χ3n) is 2.42. The zero-order chi connectivity index (χ0) is 8.70. The standard InChI is InChI=1S/C7H13F2NO/c1-10(2)6(5-11)3-7(8,9)4-6/h11H,3-5H2,1-2H3. The summed E-state index contributed by atoms with van der Waals surface area (Å²) in [7, 11) is 3.43. The minimum Gasteiger partial charge on any atom is -0.394 e. The summed E-state index contributed by atoms with van der Waals surface area (Å²) in [6, 6.07) is 0. The van der Waals surface area contributed by atoms with Gasteiger partial charge in [0.05, 0.1) is 12.1 Å². The Hall–Kier alpha value is -0.220. The zero-order valence-electron chi connectivity index (χ0n) is 6.77. The molecule has 0 aromatic rings. The first-order chi connectivity index (χ1) is 4.92. The van der Waals surface area contributed by atoms with Gasteiger partial charge in [0.15, 0.2) is 0 Å². The van der Waals surface area contributed by atoms with Crippen molar-refractivity contribution in [3.63, 3.8) is 0 Å². The molecule has 0 saturated heterocycles. The van der Waals surface area contributed by atoms with Crippen LogP contribution in [0.15, 0.2) is 0 Å². The molecule has 1 aliphatic rings. The van der Waals surface area contributed by atoms with Gasteiger partial charge in [-0.2, -0.15) is 0 Å². The Morgan fingerprint density at radius 1 is 1.36 bits per heavy atom. The van der Waals surface area contributed by atoms with Gasteiger partial charge in [0.1, 0.15) is 0 Å². The maximum absolute atomic E-state index is 12.4. The highest BCUT2D eigenvalue weighted by molar-refractivity contribution is 5.05. The van der Waals surface area contributed by atoms with Gasteiger partial charge in [-0.15, -0.1) is 0 Å². The SMILES string of the molecule is CN(C)C1(CO)CC(F)(F)C1. The molecule has 1 fully saturated rings. The Labute approximate surface area is 64.8 Å². The van der Waals surface area contributed by atoms with E-state index in [0.29, 0.717) is 0 Å². The van der Waals surface area contributed by atoms with Crippen molar-refractivity contribution in [2.24, 2.45) is 0 Å². The largest absolute Gasteiger partial charge is 0.394 e. The Morgan fingerprint density at radius 2 is 1.82 bits per heavy atom. The van der Waals surface area contributed by atoms with Crippen LogP contribution < -0.4 is 0 Å². The van der Waals surface area contributed by atoms with Gasteiger partial charge in [-0.3, -0.25) is 0 Å². The van der Waals surface area contributed by atoms with Crippen molar-refractivity contribution < 1.29 is 13.9 Å². The Balaban J connectivity index is 2.57. The van der Waals surface area contributed by atoms with Crippen LogP contribution >= 0.6 is 0 Å². The van der Waals surface area contributed by atoms with Crippen molar-refractivity contribution >= 4 is 0 Å². The molecule has 0 aromatic heterocycles. The summed E-state index contributed by atoms with van der Waals surface area (Å²) >= 11 is 0. The van der Waals surface area contributed by atoms with Gasteiger partial charge in [-0.05, 0) is 14.1 Å². The van der Waals surface area contributed by atoms with Crippen molar-refractivity contribution in [2.45, 2.75) is 24.3 Å². The topological polar surface area (TPSA) is 23.5 Å². The minimum atomic E-state index is -2.56. The number of rotatable bonds is 2. The van der Waals surface area contributed by atoms with E-state index in [4.69, 9.17) is 5.11 Å². The summed E-state index contributed by atoms with van der Waals surface area (Å²) in [4.78, 5) is 1.67. The molecule has 0 heterocycles. The molecule has 1 N–H and O–H groups in total. The maximum atomic E-state index is 12.4. The van der Waals surface area contributed by atoms with Crippen LogP contribution in [0, 0.1) is 0 Å². The van der Waals surface area contributed by atoms with E-state index in [1.165, 1.54) is 0 Å². The smallest absolute Gasteiger partial charge is 0.251 e. The second-order valence-electron chi connectivity index (χ2n) is 3.49. The number of halogens is 2. The number of aliphatic hydroxyl groups excluding tert-OH is 1. The van der Waals surface area contributed by atoms with E-state index in [1.807, 2.05) is 0 Å². The summed E-state index contributed by atoms with van der Waals surface area (Å²) in [5.74, 6) is -2.56. The van der Waals surface area contributed by atoms with Crippen LogP contribution in [-0.4, -0.2) is 42.2 Å². The van der Waals surface area contributed by atoms with Gasteiger partial charge >= 0.3 is 0 Å². The lowest BCUT2D eigenvalue weighted by molar-refractivity contribution is -0.179. The van der Waals surface area contributed by atoms with Crippen molar-refractivity contribution in [3.05, 3.63) is 0 Å². The summed E-state index contributed by atoms with van der Waals surface area (Å²) in [5.41, 5.74) is -0.663. The number of aliphatic hydroxyl groups is 1. The number of nitrogens with zero attached hydrogens (tertiary/aromatic N) is 1. The van der Waals surface area contributed by atoms with Crippen LogP contribution in [0.2, 0.25) is 0 Å². The lowest BCUT2D eigenvalue weighted by Crippen LogP contribution is -2.62. The quantitative estimate of drug-likeness (QED) is 0.651. The van der Waals surface area contributed by atoms with Crippen molar-refractivity contribution in [1.29, 1.82) is 0 Å². The number of hydrogen-bond acceptors (Lipinski definition) is 2. The summed E-state index contributed by atoms with van der Waals surface area (Å²) in [5, 5.41) is 8.86. The molecule has 0 bridgehead atoms. The molecular weight excluding hydrogens is 152 g/mol. The summed E-state index contributed by atoms with van der Waals surface area (Å²) < 4.78 is 24.9. The van der Waals surface area contributed by atoms with Gasteiger partial charge in [-0.1, -0.05) is 0 Å². The molecule has 0 aliphatic heterocycles. The summed E-state index contributed by atoms with van der Waals surface area (Å²) in [6.45, 7) is -0.185. The average molecular weight is 165 g/mol. The van der Waals surface area contributed by atoms with Gasteiger partial charge in [0.2, 0.25) is 0 Å². The highest BCUT2D eigenvalue weighted by atomic mass is 19.3. The molecular formula is C7H13F2NO. The number of likely N-dealkylation sites (N-methyl/N-ethyl adjacent to an activating group) is 1. The maximum Gasteiger partial charge on any atom is 0.251 e. The first kappa shape index (κ1) is 8.87. The van der Waals surface area contributed by atoms with E-state index in [-0.39, 0.29) is 19.4 Å². The molecule has 1 rings (SSSR count). The fourth-order valence-electron chi connectivity index (χ4n) is 1.48. The first-order valence-corrected chi connectivity index (χ1v) is 3.58. The van der Waals surface area contributed by atoms with Crippen LogP contribution in [0.3, 0.4) is 0 Å². The van der Waals surface area contributed by atoms with Crippen LogP contribution in [-0.2, 0) is 0 Å². The second kappa shape index (κ2) is 2.38. The van der Waals surface area contributed by atoms with E-state index in [0.717, 1.165) is 0 Å². The predicted molar refractivity (Wildman–Crippen MR) is 37.7 cm³/mol. The summed E-state index contributed by atoms with van der Waals surface area (Å²) in [6.07, 6.45) is -0.438. The molecule has 11 heavy (non-hydrogen) atoms.